The first-order valence-electron chi connectivity index (χ1n) is 4.40. The molecule has 1 nitrogen and oxygen atoms in total. The summed E-state index contributed by atoms with van der Waals surface area (Å²) in [5, 5.41) is 9.65. The van der Waals surface area contributed by atoms with Gasteiger partial charge in [-0.25, -0.2) is 0 Å². The van der Waals surface area contributed by atoms with E-state index in [9.17, 15) is 5.11 Å². The molecule has 1 saturated carbocycles. The molecule has 0 aromatic heterocycles. The Bertz CT molecular complexity index is 215. The largest absolute Gasteiger partial charge is 0.389 e. The minimum atomic E-state index is -0.171. The number of hydrogen-bond acceptors (Lipinski definition) is 1. The molecule has 3 atom stereocenters. The standard InChI is InChI=1S/C10H16O/c1-6-4-9(11)8-5-7(6)10(8,2)3/h4,7-9,11H,5H2,1-3H3/t7-,8?,9?/m1/s1. The number of aliphatic hydroxyl groups is 1. The molecular formula is C10H16O. The maximum absolute atomic E-state index is 9.65. The molecule has 0 spiro atoms. The highest BCUT2D eigenvalue weighted by atomic mass is 16.3. The van der Waals surface area contributed by atoms with Gasteiger partial charge in [0.2, 0.25) is 0 Å². The van der Waals surface area contributed by atoms with Crippen molar-refractivity contribution in [2.24, 2.45) is 17.3 Å². The van der Waals surface area contributed by atoms with Crippen molar-refractivity contribution in [2.45, 2.75) is 33.3 Å². The normalized spacial score (nSPS) is 46.2. The fourth-order valence-electron chi connectivity index (χ4n) is 2.81. The molecule has 0 amide bonds. The Kier molecular flexibility index (Phi) is 1.26. The van der Waals surface area contributed by atoms with E-state index in [-0.39, 0.29) is 6.10 Å². The molecule has 0 aromatic rings. The monoisotopic (exact) mass is 152 g/mol. The molecule has 3 aliphatic rings. The number of rotatable bonds is 0. The second-order valence-electron chi connectivity index (χ2n) is 4.62. The van der Waals surface area contributed by atoms with E-state index in [1.165, 1.54) is 12.0 Å². The zero-order chi connectivity index (χ0) is 8.22. The van der Waals surface area contributed by atoms with Crippen LogP contribution in [-0.2, 0) is 0 Å². The summed E-state index contributed by atoms with van der Waals surface area (Å²) in [5.74, 6) is 1.27. The molecule has 0 aliphatic heterocycles. The van der Waals surface area contributed by atoms with Gasteiger partial charge in [0.05, 0.1) is 6.10 Å². The van der Waals surface area contributed by atoms with Crippen LogP contribution in [0.15, 0.2) is 11.6 Å². The zero-order valence-corrected chi connectivity index (χ0v) is 7.46. The van der Waals surface area contributed by atoms with Crippen LogP contribution >= 0.6 is 0 Å². The van der Waals surface area contributed by atoms with E-state index in [4.69, 9.17) is 0 Å². The SMILES string of the molecule is CC1=CC(O)C2C[C@H]1C2(C)C. The first-order valence-corrected chi connectivity index (χ1v) is 4.40. The number of hydrogen-bond donors (Lipinski definition) is 1. The number of fused-ring (bicyclic) bond motifs is 1. The predicted octanol–water partition coefficient (Wildman–Crippen LogP) is 1.97. The van der Waals surface area contributed by atoms with Crippen LogP contribution in [0, 0.1) is 17.3 Å². The van der Waals surface area contributed by atoms with Crippen LogP contribution in [0.3, 0.4) is 0 Å². The number of allylic oxidation sites excluding steroid dienone is 1. The molecule has 0 radical (unpaired) electrons. The van der Waals surface area contributed by atoms with E-state index in [2.05, 4.69) is 20.8 Å². The van der Waals surface area contributed by atoms with Crippen molar-refractivity contribution in [2.75, 3.05) is 0 Å². The second-order valence-corrected chi connectivity index (χ2v) is 4.62. The van der Waals surface area contributed by atoms with Gasteiger partial charge in [-0.05, 0) is 30.6 Å². The molecule has 1 heteroatoms. The molecule has 2 bridgehead atoms. The highest BCUT2D eigenvalue weighted by Crippen LogP contribution is 2.58. The van der Waals surface area contributed by atoms with E-state index in [0.29, 0.717) is 11.3 Å². The lowest BCUT2D eigenvalue weighted by molar-refractivity contribution is -0.0760. The van der Waals surface area contributed by atoms with E-state index >= 15 is 0 Å². The summed E-state index contributed by atoms with van der Waals surface area (Å²) in [5.41, 5.74) is 1.75. The van der Waals surface area contributed by atoms with E-state index in [0.717, 1.165) is 5.92 Å². The van der Waals surface area contributed by atoms with Crippen molar-refractivity contribution in [1.29, 1.82) is 0 Å². The third kappa shape index (κ3) is 0.750. The van der Waals surface area contributed by atoms with Crippen LogP contribution in [0.25, 0.3) is 0 Å². The molecule has 1 fully saturated rings. The Balaban J connectivity index is 2.34. The molecule has 1 N–H and O–H groups in total. The lowest BCUT2D eigenvalue weighted by Crippen LogP contribution is -2.53. The minimum Gasteiger partial charge on any atom is -0.389 e. The molecule has 0 aromatic carbocycles. The van der Waals surface area contributed by atoms with Gasteiger partial charge < -0.3 is 5.11 Å². The molecule has 0 saturated heterocycles. The Labute approximate surface area is 68.1 Å². The minimum absolute atomic E-state index is 0.171. The van der Waals surface area contributed by atoms with Gasteiger partial charge in [-0.3, -0.25) is 0 Å². The highest BCUT2D eigenvalue weighted by Gasteiger charge is 2.53. The van der Waals surface area contributed by atoms with Gasteiger partial charge in [-0.1, -0.05) is 25.5 Å². The molecule has 62 valence electrons. The summed E-state index contributed by atoms with van der Waals surface area (Å²) < 4.78 is 0. The van der Waals surface area contributed by atoms with Gasteiger partial charge in [0.15, 0.2) is 0 Å². The molecule has 0 heterocycles. The molecule has 11 heavy (non-hydrogen) atoms. The summed E-state index contributed by atoms with van der Waals surface area (Å²) in [6, 6.07) is 0. The Morgan fingerprint density at radius 1 is 1.55 bits per heavy atom. The Morgan fingerprint density at radius 2 is 2.18 bits per heavy atom. The third-order valence-corrected chi connectivity index (χ3v) is 3.74. The third-order valence-electron chi connectivity index (χ3n) is 3.74. The van der Waals surface area contributed by atoms with Gasteiger partial charge in [0, 0.05) is 0 Å². The van der Waals surface area contributed by atoms with Crippen LogP contribution in [0.1, 0.15) is 27.2 Å². The summed E-state index contributed by atoms with van der Waals surface area (Å²) in [6.45, 7) is 6.68. The van der Waals surface area contributed by atoms with Crippen molar-refractivity contribution in [1.82, 2.24) is 0 Å². The van der Waals surface area contributed by atoms with Gasteiger partial charge in [0.25, 0.3) is 0 Å². The van der Waals surface area contributed by atoms with Crippen LogP contribution in [-0.4, -0.2) is 11.2 Å². The van der Waals surface area contributed by atoms with Crippen molar-refractivity contribution in [3.05, 3.63) is 11.6 Å². The smallest absolute Gasteiger partial charge is 0.0757 e. The van der Waals surface area contributed by atoms with Gasteiger partial charge in [-0.15, -0.1) is 0 Å². The maximum atomic E-state index is 9.65. The predicted molar refractivity (Wildman–Crippen MR) is 45.1 cm³/mol. The lowest BCUT2D eigenvalue weighted by Gasteiger charge is -2.57. The van der Waals surface area contributed by atoms with Crippen LogP contribution in [0.4, 0.5) is 0 Å². The quantitative estimate of drug-likeness (QED) is 0.526. The van der Waals surface area contributed by atoms with Gasteiger partial charge in [-0.2, -0.15) is 0 Å². The Hall–Kier alpha value is -0.300. The maximum Gasteiger partial charge on any atom is 0.0757 e. The highest BCUT2D eigenvalue weighted by molar-refractivity contribution is 5.24. The molecule has 3 rings (SSSR count). The summed E-state index contributed by atoms with van der Waals surface area (Å²) in [4.78, 5) is 0. The first kappa shape index (κ1) is 7.35. The van der Waals surface area contributed by atoms with Crippen LogP contribution in [0.2, 0.25) is 0 Å². The van der Waals surface area contributed by atoms with Crippen molar-refractivity contribution in [3.8, 4) is 0 Å². The van der Waals surface area contributed by atoms with Crippen molar-refractivity contribution in [3.63, 3.8) is 0 Å². The Morgan fingerprint density at radius 3 is 2.55 bits per heavy atom. The van der Waals surface area contributed by atoms with Crippen molar-refractivity contribution < 1.29 is 5.11 Å². The average molecular weight is 152 g/mol. The van der Waals surface area contributed by atoms with Crippen LogP contribution < -0.4 is 0 Å². The van der Waals surface area contributed by atoms with Gasteiger partial charge in [0.1, 0.15) is 0 Å². The molecule has 2 unspecified atom stereocenters. The van der Waals surface area contributed by atoms with Crippen molar-refractivity contribution >= 4 is 0 Å². The molecular weight excluding hydrogens is 136 g/mol. The van der Waals surface area contributed by atoms with Gasteiger partial charge >= 0.3 is 0 Å². The summed E-state index contributed by atoms with van der Waals surface area (Å²) >= 11 is 0. The average Bonchev–Trinajstić information content (AvgIpc) is 1.84. The van der Waals surface area contributed by atoms with Crippen LogP contribution in [0.5, 0.6) is 0 Å². The summed E-state index contributed by atoms with van der Waals surface area (Å²) in [6.07, 6.45) is 3.07. The van der Waals surface area contributed by atoms with E-state index in [1.54, 1.807) is 0 Å². The summed E-state index contributed by atoms with van der Waals surface area (Å²) in [7, 11) is 0. The second kappa shape index (κ2) is 1.89. The lowest BCUT2D eigenvalue weighted by atomic mass is 9.48. The first-order chi connectivity index (χ1) is 5.03. The van der Waals surface area contributed by atoms with E-state index < -0.39 is 0 Å². The fraction of sp³-hybridized carbons (Fsp3) is 0.800. The van der Waals surface area contributed by atoms with E-state index in [1.807, 2.05) is 6.08 Å². The fourth-order valence-corrected chi connectivity index (χ4v) is 2.81. The topological polar surface area (TPSA) is 20.2 Å². The molecule has 3 aliphatic carbocycles. The zero-order valence-electron chi connectivity index (χ0n) is 7.46. The number of aliphatic hydroxyl groups excluding tert-OH is 1.